The molecule has 1 fully saturated rings. The summed E-state index contributed by atoms with van der Waals surface area (Å²) >= 11 is 0. The maximum atomic E-state index is 12.5. The summed E-state index contributed by atoms with van der Waals surface area (Å²) in [5.74, 6) is 0.817. The first kappa shape index (κ1) is 17.0. The molecule has 1 heterocycles. The molecule has 0 radical (unpaired) electrons. The number of nitrogens with one attached hydrogen (secondary N) is 1. The molecule has 1 N–H and O–H groups in total. The lowest BCUT2D eigenvalue weighted by molar-refractivity contribution is -0.133. The molecule has 5 nitrogen and oxygen atoms in total. The van der Waals surface area contributed by atoms with Crippen LogP contribution in [-0.2, 0) is 15.0 Å². The molecule has 2 aliphatic rings. The number of rotatable bonds is 4. The van der Waals surface area contributed by atoms with Crippen LogP contribution >= 0.6 is 0 Å². The predicted octanol–water partition coefficient (Wildman–Crippen LogP) is 1.81. The zero-order valence-electron chi connectivity index (χ0n) is 14.9. The smallest absolute Gasteiger partial charge is 0.221 e. The lowest BCUT2D eigenvalue weighted by Crippen LogP contribution is -2.59. The van der Waals surface area contributed by atoms with Crippen molar-refractivity contribution in [3.8, 4) is 5.75 Å². The van der Waals surface area contributed by atoms with E-state index < -0.39 is 6.04 Å². The number of aryl methyl sites for hydroxylation is 1. The Morgan fingerprint density at radius 3 is 2.88 bits per heavy atom. The Morgan fingerprint density at radius 1 is 1.42 bits per heavy atom. The van der Waals surface area contributed by atoms with Crippen LogP contribution in [0.15, 0.2) is 18.2 Å². The number of ether oxygens (including phenoxy) is 1. The molecule has 5 heteroatoms. The summed E-state index contributed by atoms with van der Waals surface area (Å²) in [5.41, 5.74) is 2.12. The lowest BCUT2D eigenvalue weighted by Gasteiger charge is -2.39. The molecule has 1 aromatic carbocycles. The number of ketones is 1. The highest BCUT2D eigenvalue weighted by atomic mass is 16.5. The van der Waals surface area contributed by atoms with E-state index in [-0.39, 0.29) is 23.2 Å². The molecule has 1 amide bonds. The summed E-state index contributed by atoms with van der Waals surface area (Å²) < 4.78 is 6.13. The first-order valence-electron chi connectivity index (χ1n) is 8.56. The Morgan fingerprint density at radius 2 is 2.17 bits per heavy atom. The lowest BCUT2D eigenvalue weighted by atomic mass is 9.67. The molecule has 1 aromatic rings. The van der Waals surface area contributed by atoms with Crippen molar-refractivity contribution in [1.82, 2.24) is 10.2 Å². The summed E-state index contributed by atoms with van der Waals surface area (Å²) in [7, 11) is 3.85. The van der Waals surface area contributed by atoms with Gasteiger partial charge in [0.2, 0.25) is 5.91 Å². The third-order valence-corrected chi connectivity index (χ3v) is 5.28. The normalized spacial score (nSPS) is 28.3. The maximum absolute atomic E-state index is 12.5. The van der Waals surface area contributed by atoms with E-state index in [1.807, 2.05) is 31.1 Å². The number of fused-ring (bicyclic) bond motifs is 3. The minimum absolute atomic E-state index is 0.0696. The van der Waals surface area contributed by atoms with E-state index in [2.05, 4.69) is 25.2 Å². The van der Waals surface area contributed by atoms with E-state index in [0.29, 0.717) is 19.4 Å². The monoisotopic (exact) mass is 330 g/mol. The van der Waals surface area contributed by atoms with E-state index in [1.54, 1.807) is 0 Å². The van der Waals surface area contributed by atoms with Gasteiger partial charge < -0.3 is 15.0 Å². The fraction of sp³-hybridized carbons (Fsp3) is 0.579. The van der Waals surface area contributed by atoms with E-state index in [1.165, 1.54) is 5.56 Å². The van der Waals surface area contributed by atoms with Crippen molar-refractivity contribution >= 4 is 11.7 Å². The van der Waals surface area contributed by atoms with Gasteiger partial charge in [0.15, 0.2) is 5.78 Å². The maximum Gasteiger partial charge on any atom is 0.221 e. The van der Waals surface area contributed by atoms with Crippen LogP contribution in [0.2, 0.25) is 0 Å². The summed E-state index contributed by atoms with van der Waals surface area (Å²) in [5, 5.41) is 2.93. The van der Waals surface area contributed by atoms with Crippen molar-refractivity contribution < 1.29 is 14.3 Å². The third kappa shape index (κ3) is 2.93. The number of benzene rings is 1. The summed E-state index contributed by atoms with van der Waals surface area (Å²) in [6, 6.07) is 5.58. The Hall–Kier alpha value is -1.88. The van der Waals surface area contributed by atoms with Gasteiger partial charge in [0.1, 0.15) is 17.9 Å². The predicted molar refractivity (Wildman–Crippen MR) is 92.3 cm³/mol. The number of nitrogens with zero attached hydrogens (tertiary/aromatic N) is 1. The Labute approximate surface area is 143 Å². The van der Waals surface area contributed by atoms with Crippen LogP contribution in [0, 0.1) is 6.92 Å². The van der Waals surface area contributed by atoms with Gasteiger partial charge in [0.25, 0.3) is 0 Å². The molecule has 0 bridgehead atoms. The molecule has 0 aromatic heterocycles. The van der Waals surface area contributed by atoms with Gasteiger partial charge >= 0.3 is 0 Å². The Kier molecular flexibility index (Phi) is 4.38. The second-order valence-electron chi connectivity index (χ2n) is 7.52. The topological polar surface area (TPSA) is 58.6 Å². The number of carbonyl (C=O) groups excluding carboxylic acids is 2. The highest BCUT2D eigenvalue weighted by Crippen LogP contribution is 2.49. The standard InChI is InChI=1S/C19H26N2O3/c1-12-5-6-15-13(11-12)19(2)9-7-14(22)17(18(19)24-15)20-16(23)8-10-21(3)4/h5-6,11,17-18H,7-10H2,1-4H3,(H,20,23)/t17-,18-,19-/m1/s1. The quantitative estimate of drug-likeness (QED) is 0.915. The molecule has 0 saturated heterocycles. The summed E-state index contributed by atoms with van der Waals surface area (Å²) in [4.78, 5) is 26.7. The number of carbonyl (C=O) groups is 2. The van der Waals surface area contributed by atoms with Crippen molar-refractivity contribution in [3.05, 3.63) is 29.3 Å². The zero-order valence-corrected chi connectivity index (χ0v) is 14.9. The van der Waals surface area contributed by atoms with Gasteiger partial charge in [-0.2, -0.15) is 0 Å². The van der Waals surface area contributed by atoms with E-state index >= 15 is 0 Å². The molecular weight excluding hydrogens is 304 g/mol. The minimum atomic E-state index is -0.564. The molecule has 0 unspecified atom stereocenters. The molecule has 130 valence electrons. The highest BCUT2D eigenvalue weighted by Gasteiger charge is 2.54. The van der Waals surface area contributed by atoms with Crippen LogP contribution < -0.4 is 10.1 Å². The van der Waals surface area contributed by atoms with Crippen molar-refractivity contribution in [1.29, 1.82) is 0 Å². The molecule has 3 rings (SSSR count). The second-order valence-corrected chi connectivity index (χ2v) is 7.52. The van der Waals surface area contributed by atoms with Crippen LogP contribution in [0.1, 0.15) is 37.3 Å². The van der Waals surface area contributed by atoms with Gasteiger partial charge in [-0.3, -0.25) is 9.59 Å². The van der Waals surface area contributed by atoms with Crippen molar-refractivity contribution in [3.63, 3.8) is 0 Å². The van der Waals surface area contributed by atoms with Crippen molar-refractivity contribution in [2.24, 2.45) is 0 Å². The van der Waals surface area contributed by atoms with E-state index in [9.17, 15) is 9.59 Å². The van der Waals surface area contributed by atoms with Gasteiger partial charge in [-0.1, -0.05) is 24.6 Å². The van der Waals surface area contributed by atoms with Crippen LogP contribution in [0.3, 0.4) is 0 Å². The summed E-state index contributed by atoms with van der Waals surface area (Å²) in [6.07, 6.45) is 1.30. The molecule has 3 atom stereocenters. The van der Waals surface area contributed by atoms with E-state index in [4.69, 9.17) is 4.74 Å². The fourth-order valence-electron chi connectivity index (χ4n) is 3.76. The van der Waals surface area contributed by atoms with Crippen molar-refractivity contribution in [2.45, 2.75) is 50.7 Å². The third-order valence-electron chi connectivity index (χ3n) is 5.28. The molecule has 24 heavy (non-hydrogen) atoms. The highest BCUT2D eigenvalue weighted by molar-refractivity contribution is 5.91. The average molecular weight is 330 g/mol. The number of hydrogen-bond donors (Lipinski definition) is 1. The van der Waals surface area contributed by atoms with Crippen LogP contribution in [-0.4, -0.2) is 49.4 Å². The zero-order chi connectivity index (χ0) is 17.5. The van der Waals surface area contributed by atoms with Gasteiger partial charge in [-0.05, 0) is 33.5 Å². The SMILES string of the molecule is Cc1ccc2c(c1)[C@@]1(C)CCC(=O)[C@@H](NC(=O)CCN(C)C)[C@H]1O2. The number of hydrogen-bond acceptors (Lipinski definition) is 4. The van der Waals surface area contributed by atoms with Crippen LogP contribution in [0.4, 0.5) is 0 Å². The van der Waals surface area contributed by atoms with Gasteiger partial charge in [-0.15, -0.1) is 0 Å². The number of Topliss-reactive ketones (excluding diaryl/α,β-unsaturated/α-hetero) is 1. The largest absolute Gasteiger partial charge is 0.487 e. The van der Waals surface area contributed by atoms with Gasteiger partial charge in [-0.25, -0.2) is 0 Å². The Balaban J connectivity index is 1.82. The number of amides is 1. The van der Waals surface area contributed by atoms with Gasteiger partial charge in [0.05, 0.1) is 0 Å². The van der Waals surface area contributed by atoms with E-state index in [0.717, 1.165) is 17.7 Å². The summed E-state index contributed by atoms with van der Waals surface area (Å²) in [6.45, 7) is 4.87. The first-order chi connectivity index (χ1) is 11.3. The Bertz CT molecular complexity index is 671. The minimum Gasteiger partial charge on any atom is -0.487 e. The molecule has 1 aliphatic heterocycles. The second kappa shape index (κ2) is 6.20. The molecule has 1 aliphatic carbocycles. The first-order valence-corrected chi connectivity index (χ1v) is 8.56. The molecule has 1 saturated carbocycles. The van der Waals surface area contributed by atoms with Crippen LogP contribution in [0.5, 0.6) is 5.75 Å². The van der Waals surface area contributed by atoms with Crippen molar-refractivity contribution in [2.75, 3.05) is 20.6 Å². The molecular formula is C19H26N2O3. The van der Waals surface area contributed by atoms with Crippen LogP contribution in [0.25, 0.3) is 0 Å². The molecule has 0 spiro atoms. The fourth-order valence-corrected chi connectivity index (χ4v) is 3.76. The average Bonchev–Trinajstić information content (AvgIpc) is 2.82. The van der Waals surface area contributed by atoms with Gasteiger partial charge in [0, 0.05) is 30.4 Å².